The average Bonchev–Trinajstić information content (AvgIpc) is 2.64. The number of aliphatic carboxylic acids is 1. The van der Waals surface area contributed by atoms with Crippen LogP contribution in [0.5, 0.6) is 0 Å². The van der Waals surface area contributed by atoms with Crippen molar-refractivity contribution >= 4 is 5.97 Å². The van der Waals surface area contributed by atoms with E-state index < -0.39 is 18.0 Å². The Labute approximate surface area is 164 Å². The van der Waals surface area contributed by atoms with E-state index in [9.17, 15) is 20.1 Å². The van der Waals surface area contributed by atoms with E-state index in [4.69, 9.17) is 5.11 Å². The van der Waals surface area contributed by atoms with Crippen molar-refractivity contribution in [2.45, 2.75) is 96.2 Å². The Morgan fingerprint density at radius 2 is 1.78 bits per heavy atom. The zero-order chi connectivity index (χ0) is 20.1. The smallest absolute Gasteiger partial charge is 0.309 e. The van der Waals surface area contributed by atoms with Crippen LogP contribution in [0.15, 0.2) is 12.2 Å². The summed E-state index contributed by atoms with van der Waals surface area (Å²) >= 11 is 0. The average molecular weight is 385 g/mol. The van der Waals surface area contributed by atoms with Gasteiger partial charge in [-0.2, -0.15) is 0 Å². The van der Waals surface area contributed by atoms with Gasteiger partial charge in [0.2, 0.25) is 0 Å². The van der Waals surface area contributed by atoms with Crippen LogP contribution in [0.3, 0.4) is 0 Å². The van der Waals surface area contributed by atoms with Gasteiger partial charge in [0.1, 0.15) is 0 Å². The molecule has 0 saturated carbocycles. The molecule has 0 radical (unpaired) electrons. The molecule has 1 aliphatic carbocycles. The van der Waals surface area contributed by atoms with E-state index in [-0.39, 0.29) is 18.6 Å². The van der Waals surface area contributed by atoms with Crippen molar-refractivity contribution in [2.24, 2.45) is 17.8 Å². The number of hydrogen-bond donors (Lipinski definition) is 4. The molecule has 0 heterocycles. The number of carbonyl (C=O) groups is 1. The van der Waals surface area contributed by atoms with Gasteiger partial charge in [-0.3, -0.25) is 4.79 Å². The highest BCUT2D eigenvalue weighted by molar-refractivity contribution is 5.70. The van der Waals surface area contributed by atoms with E-state index in [0.717, 1.165) is 32.1 Å². The molecule has 5 heteroatoms. The molecule has 0 aliphatic heterocycles. The molecule has 0 saturated heterocycles. The monoisotopic (exact) mass is 384 g/mol. The second kappa shape index (κ2) is 14.1. The number of allylic oxidation sites excluding steroid dienone is 1. The van der Waals surface area contributed by atoms with Crippen LogP contribution in [0.1, 0.15) is 84.0 Å². The van der Waals surface area contributed by atoms with Gasteiger partial charge >= 0.3 is 5.97 Å². The SMILES string of the molecule is CCCCCC1C=CC(CCCCCC(C(=O)O)C(O)CCCO)C(O)C1. The fourth-order valence-corrected chi connectivity index (χ4v) is 4.05. The van der Waals surface area contributed by atoms with Gasteiger partial charge in [0.05, 0.1) is 18.1 Å². The molecule has 0 bridgehead atoms. The number of carboxylic acid groups (broad SMARTS) is 1. The quantitative estimate of drug-likeness (QED) is 0.253. The van der Waals surface area contributed by atoms with E-state index >= 15 is 0 Å². The minimum Gasteiger partial charge on any atom is -0.481 e. The maximum Gasteiger partial charge on any atom is 0.309 e. The van der Waals surface area contributed by atoms with Gasteiger partial charge in [-0.15, -0.1) is 0 Å². The lowest BCUT2D eigenvalue weighted by atomic mass is 9.81. The van der Waals surface area contributed by atoms with Crippen molar-refractivity contribution in [3.8, 4) is 0 Å². The standard InChI is InChI=1S/C22H40O5/c1-2-3-5-9-17-13-14-18(21(25)16-17)10-6-4-7-11-19(22(26)27)20(24)12-8-15-23/h13-14,17-21,23-25H,2-12,15-16H2,1H3,(H,26,27). The molecule has 0 amide bonds. The van der Waals surface area contributed by atoms with Gasteiger partial charge in [-0.1, -0.05) is 57.6 Å². The van der Waals surface area contributed by atoms with Crippen LogP contribution in [0.25, 0.3) is 0 Å². The van der Waals surface area contributed by atoms with E-state index in [0.29, 0.717) is 25.2 Å². The molecular weight excluding hydrogens is 344 g/mol. The summed E-state index contributed by atoms with van der Waals surface area (Å²) in [7, 11) is 0. The van der Waals surface area contributed by atoms with Crippen molar-refractivity contribution in [1.29, 1.82) is 0 Å². The van der Waals surface area contributed by atoms with E-state index in [2.05, 4.69) is 19.1 Å². The van der Waals surface area contributed by atoms with Gasteiger partial charge in [0.25, 0.3) is 0 Å². The first-order valence-corrected chi connectivity index (χ1v) is 10.9. The second-order valence-corrected chi connectivity index (χ2v) is 8.12. The molecule has 158 valence electrons. The third kappa shape index (κ3) is 9.72. The Morgan fingerprint density at radius 1 is 1.04 bits per heavy atom. The molecule has 5 nitrogen and oxygen atoms in total. The minimum absolute atomic E-state index is 0.0277. The predicted octanol–water partition coefficient (Wildman–Crippen LogP) is 3.90. The van der Waals surface area contributed by atoms with E-state index in [1.54, 1.807) is 0 Å². The van der Waals surface area contributed by atoms with Crippen LogP contribution in [0, 0.1) is 17.8 Å². The first-order chi connectivity index (χ1) is 13.0. The van der Waals surface area contributed by atoms with Crippen molar-refractivity contribution in [3.63, 3.8) is 0 Å². The highest BCUT2D eigenvalue weighted by Crippen LogP contribution is 2.30. The van der Waals surface area contributed by atoms with Crippen molar-refractivity contribution in [1.82, 2.24) is 0 Å². The number of rotatable bonds is 15. The Hall–Kier alpha value is -0.910. The molecule has 5 atom stereocenters. The molecule has 0 aromatic rings. The van der Waals surface area contributed by atoms with Crippen LogP contribution in [-0.4, -0.2) is 45.2 Å². The van der Waals surface area contributed by atoms with Crippen LogP contribution < -0.4 is 0 Å². The number of aliphatic hydroxyl groups excluding tert-OH is 3. The summed E-state index contributed by atoms with van der Waals surface area (Å²) in [5.41, 5.74) is 0. The highest BCUT2D eigenvalue weighted by atomic mass is 16.4. The summed E-state index contributed by atoms with van der Waals surface area (Å²) < 4.78 is 0. The Bertz CT molecular complexity index is 423. The largest absolute Gasteiger partial charge is 0.481 e. The summed E-state index contributed by atoms with van der Waals surface area (Å²) in [6.45, 7) is 2.18. The Morgan fingerprint density at radius 3 is 2.41 bits per heavy atom. The van der Waals surface area contributed by atoms with Gasteiger partial charge in [0.15, 0.2) is 0 Å². The Kier molecular flexibility index (Phi) is 12.6. The molecule has 0 fully saturated rings. The normalized spacial score (nSPS) is 24.7. The van der Waals surface area contributed by atoms with Crippen molar-refractivity contribution < 1.29 is 25.2 Å². The molecule has 0 aromatic heterocycles. The van der Waals surface area contributed by atoms with Crippen LogP contribution >= 0.6 is 0 Å². The summed E-state index contributed by atoms with van der Waals surface area (Å²) in [4.78, 5) is 11.3. The number of hydrogen-bond acceptors (Lipinski definition) is 4. The number of aliphatic hydroxyl groups is 3. The predicted molar refractivity (Wildman–Crippen MR) is 107 cm³/mol. The zero-order valence-electron chi connectivity index (χ0n) is 16.9. The van der Waals surface area contributed by atoms with Gasteiger partial charge < -0.3 is 20.4 Å². The zero-order valence-corrected chi connectivity index (χ0v) is 16.9. The fourth-order valence-electron chi connectivity index (χ4n) is 4.05. The first-order valence-electron chi connectivity index (χ1n) is 10.9. The first kappa shape index (κ1) is 24.1. The molecule has 0 aromatic carbocycles. The minimum atomic E-state index is -0.958. The summed E-state index contributed by atoms with van der Waals surface area (Å²) in [6.07, 6.45) is 13.9. The number of carboxylic acids is 1. The third-order valence-corrected chi connectivity index (χ3v) is 5.84. The maximum atomic E-state index is 11.3. The lowest BCUT2D eigenvalue weighted by Gasteiger charge is -2.28. The second-order valence-electron chi connectivity index (χ2n) is 8.12. The van der Waals surface area contributed by atoms with E-state index in [1.807, 2.05) is 0 Å². The van der Waals surface area contributed by atoms with Crippen LogP contribution in [-0.2, 0) is 4.79 Å². The Balaban J connectivity index is 2.24. The highest BCUT2D eigenvalue weighted by Gasteiger charge is 2.26. The topological polar surface area (TPSA) is 98.0 Å². The van der Waals surface area contributed by atoms with E-state index in [1.165, 1.54) is 25.7 Å². The maximum absolute atomic E-state index is 11.3. The third-order valence-electron chi connectivity index (χ3n) is 5.84. The lowest BCUT2D eigenvalue weighted by molar-refractivity contribution is -0.146. The van der Waals surface area contributed by atoms with Gasteiger partial charge in [-0.05, 0) is 44.4 Å². The number of unbranched alkanes of at least 4 members (excludes halogenated alkanes) is 4. The van der Waals surface area contributed by atoms with Crippen LogP contribution in [0.2, 0.25) is 0 Å². The van der Waals surface area contributed by atoms with Crippen molar-refractivity contribution in [2.75, 3.05) is 6.61 Å². The molecule has 1 rings (SSSR count). The van der Waals surface area contributed by atoms with Gasteiger partial charge in [-0.25, -0.2) is 0 Å². The molecular formula is C22H40O5. The van der Waals surface area contributed by atoms with Crippen LogP contribution in [0.4, 0.5) is 0 Å². The molecule has 1 aliphatic rings. The summed E-state index contributed by atoms with van der Waals surface area (Å²) in [5.74, 6) is -0.974. The molecule has 0 spiro atoms. The fraction of sp³-hybridized carbons (Fsp3) is 0.864. The molecule has 27 heavy (non-hydrogen) atoms. The summed E-state index contributed by atoms with van der Waals surface area (Å²) in [6, 6.07) is 0. The van der Waals surface area contributed by atoms with Crippen molar-refractivity contribution in [3.05, 3.63) is 12.2 Å². The molecule has 4 N–H and O–H groups in total. The van der Waals surface area contributed by atoms with Gasteiger partial charge in [0, 0.05) is 12.5 Å². The lowest BCUT2D eigenvalue weighted by Crippen LogP contribution is -2.28. The molecule has 5 unspecified atom stereocenters. The summed E-state index contributed by atoms with van der Waals surface area (Å²) in [5, 5.41) is 38.4.